The highest BCUT2D eigenvalue weighted by molar-refractivity contribution is 5.85. The van der Waals surface area contributed by atoms with Gasteiger partial charge in [-0.05, 0) is 24.9 Å². The summed E-state index contributed by atoms with van der Waals surface area (Å²) in [6, 6.07) is 10.2. The Kier molecular flexibility index (Phi) is 7.26. The SMILES string of the molecule is Cl.O=COCCC1CCN(Cc2ccccc2)CC1=O. The molecule has 1 aromatic carbocycles. The van der Waals surface area contributed by atoms with Crippen LogP contribution in [0.15, 0.2) is 30.3 Å². The molecule has 0 amide bonds. The maximum atomic E-state index is 12.0. The maximum Gasteiger partial charge on any atom is 0.293 e. The van der Waals surface area contributed by atoms with E-state index < -0.39 is 0 Å². The first-order valence-electron chi connectivity index (χ1n) is 6.64. The molecule has 1 aromatic rings. The second-order valence-corrected chi connectivity index (χ2v) is 4.90. The molecule has 1 saturated heterocycles. The third kappa shape index (κ3) is 4.94. The summed E-state index contributed by atoms with van der Waals surface area (Å²) in [7, 11) is 0. The van der Waals surface area contributed by atoms with Gasteiger partial charge in [-0.25, -0.2) is 0 Å². The summed E-state index contributed by atoms with van der Waals surface area (Å²) in [5, 5.41) is 0. The Morgan fingerprint density at radius 1 is 1.30 bits per heavy atom. The molecule has 1 atom stereocenters. The molecular weight excluding hydrogens is 278 g/mol. The van der Waals surface area contributed by atoms with E-state index in [0.717, 1.165) is 19.5 Å². The van der Waals surface area contributed by atoms with Crippen LogP contribution in [0.4, 0.5) is 0 Å². The molecule has 2 rings (SSSR count). The van der Waals surface area contributed by atoms with Crippen LogP contribution < -0.4 is 0 Å². The number of Topliss-reactive ketones (excluding diaryl/α,β-unsaturated/α-hetero) is 1. The first-order chi connectivity index (χ1) is 9.29. The first-order valence-corrected chi connectivity index (χ1v) is 6.64. The molecule has 1 aliphatic rings. The van der Waals surface area contributed by atoms with Gasteiger partial charge in [-0.15, -0.1) is 12.4 Å². The molecule has 20 heavy (non-hydrogen) atoms. The van der Waals surface area contributed by atoms with Crippen molar-refractivity contribution in [3.05, 3.63) is 35.9 Å². The fourth-order valence-electron chi connectivity index (χ4n) is 2.47. The molecule has 1 fully saturated rings. The zero-order valence-electron chi connectivity index (χ0n) is 11.4. The molecular formula is C15H20ClNO3. The zero-order valence-corrected chi connectivity index (χ0v) is 12.2. The van der Waals surface area contributed by atoms with Crippen LogP contribution in [0, 0.1) is 5.92 Å². The van der Waals surface area contributed by atoms with Gasteiger partial charge >= 0.3 is 0 Å². The normalized spacial score (nSPS) is 19.2. The molecule has 0 bridgehead atoms. The molecule has 0 spiro atoms. The van der Waals surface area contributed by atoms with Crippen molar-refractivity contribution in [2.24, 2.45) is 5.92 Å². The van der Waals surface area contributed by atoms with Crippen molar-refractivity contribution in [3.63, 3.8) is 0 Å². The Bertz CT molecular complexity index is 424. The van der Waals surface area contributed by atoms with Crippen LogP contribution in [0.25, 0.3) is 0 Å². The average Bonchev–Trinajstić information content (AvgIpc) is 2.43. The van der Waals surface area contributed by atoms with Crippen LogP contribution in [-0.2, 0) is 20.9 Å². The number of carbonyl (C=O) groups excluding carboxylic acids is 2. The van der Waals surface area contributed by atoms with Gasteiger partial charge in [-0.1, -0.05) is 30.3 Å². The average molecular weight is 298 g/mol. The Labute approximate surface area is 125 Å². The Morgan fingerprint density at radius 3 is 2.70 bits per heavy atom. The van der Waals surface area contributed by atoms with Crippen molar-refractivity contribution in [2.45, 2.75) is 19.4 Å². The van der Waals surface area contributed by atoms with E-state index in [2.05, 4.69) is 21.8 Å². The van der Waals surface area contributed by atoms with Gasteiger partial charge < -0.3 is 4.74 Å². The number of nitrogens with zero attached hydrogens (tertiary/aromatic N) is 1. The number of ether oxygens (including phenoxy) is 1. The van der Waals surface area contributed by atoms with Gasteiger partial charge in [0.25, 0.3) is 6.47 Å². The van der Waals surface area contributed by atoms with Gasteiger partial charge in [0.05, 0.1) is 13.2 Å². The van der Waals surface area contributed by atoms with Crippen LogP contribution in [0.5, 0.6) is 0 Å². The monoisotopic (exact) mass is 297 g/mol. The second-order valence-electron chi connectivity index (χ2n) is 4.90. The van der Waals surface area contributed by atoms with E-state index in [-0.39, 0.29) is 24.1 Å². The summed E-state index contributed by atoms with van der Waals surface area (Å²) in [5.41, 5.74) is 1.23. The van der Waals surface area contributed by atoms with Crippen LogP contribution in [0.1, 0.15) is 18.4 Å². The smallest absolute Gasteiger partial charge is 0.293 e. The first kappa shape index (κ1) is 16.7. The fraction of sp³-hybridized carbons (Fsp3) is 0.467. The minimum Gasteiger partial charge on any atom is -0.468 e. The maximum absolute atomic E-state index is 12.0. The molecule has 0 N–H and O–H groups in total. The molecule has 1 aliphatic heterocycles. The van der Waals surface area contributed by atoms with E-state index in [1.54, 1.807) is 0 Å². The Balaban J connectivity index is 0.00000200. The molecule has 1 unspecified atom stereocenters. The molecule has 0 saturated carbocycles. The molecule has 0 aliphatic carbocycles. The number of ketones is 1. The Morgan fingerprint density at radius 2 is 2.05 bits per heavy atom. The highest BCUT2D eigenvalue weighted by Crippen LogP contribution is 2.19. The second kappa shape index (κ2) is 8.72. The lowest BCUT2D eigenvalue weighted by molar-refractivity contribution is -0.132. The van der Waals surface area contributed by atoms with Crippen molar-refractivity contribution >= 4 is 24.7 Å². The fourth-order valence-corrected chi connectivity index (χ4v) is 2.47. The van der Waals surface area contributed by atoms with Crippen LogP contribution in [0.2, 0.25) is 0 Å². The van der Waals surface area contributed by atoms with Gasteiger partial charge in [-0.2, -0.15) is 0 Å². The van der Waals surface area contributed by atoms with Gasteiger partial charge in [0.1, 0.15) is 5.78 Å². The van der Waals surface area contributed by atoms with E-state index in [1.807, 2.05) is 18.2 Å². The number of rotatable bonds is 6. The van der Waals surface area contributed by atoms with Gasteiger partial charge in [-0.3, -0.25) is 14.5 Å². The molecule has 1 heterocycles. The highest BCUT2D eigenvalue weighted by atomic mass is 35.5. The molecule has 110 valence electrons. The largest absolute Gasteiger partial charge is 0.468 e. The highest BCUT2D eigenvalue weighted by Gasteiger charge is 2.26. The van der Waals surface area contributed by atoms with Crippen molar-refractivity contribution in [1.82, 2.24) is 4.90 Å². The van der Waals surface area contributed by atoms with Crippen molar-refractivity contribution in [2.75, 3.05) is 19.7 Å². The van der Waals surface area contributed by atoms with Crippen LogP contribution in [-0.4, -0.2) is 36.9 Å². The summed E-state index contributed by atoms with van der Waals surface area (Å²) in [5.74, 6) is 0.309. The Hall–Kier alpha value is -1.39. The van der Waals surface area contributed by atoms with E-state index in [0.29, 0.717) is 26.0 Å². The van der Waals surface area contributed by atoms with Gasteiger partial charge in [0.2, 0.25) is 0 Å². The predicted molar refractivity (Wildman–Crippen MR) is 78.7 cm³/mol. The number of carbonyl (C=O) groups is 2. The molecule has 0 aromatic heterocycles. The van der Waals surface area contributed by atoms with Crippen LogP contribution >= 0.6 is 12.4 Å². The third-order valence-corrected chi connectivity index (χ3v) is 3.53. The predicted octanol–water partition coefficient (Wildman–Crippen LogP) is 2.06. The number of hydrogen-bond acceptors (Lipinski definition) is 4. The minimum atomic E-state index is 0. The van der Waals surface area contributed by atoms with E-state index >= 15 is 0 Å². The number of likely N-dealkylation sites (tertiary alicyclic amines) is 1. The topological polar surface area (TPSA) is 46.6 Å². The quantitative estimate of drug-likeness (QED) is 0.596. The van der Waals surface area contributed by atoms with Crippen LogP contribution in [0.3, 0.4) is 0 Å². The summed E-state index contributed by atoms with van der Waals surface area (Å²) >= 11 is 0. The zero-order chi connectivity index (χ0) is 13.5. The number of halogens is 1. The number of hydrogen-bond donors (Lipinski definition) is 0. The lowest BCUT2D eigenvalue weighted by Gasteiger charge is -2.30. The number of benzene rings is 1. The van der Waals surface area contributed by atoms with E-state index in [9.17, 15) is 9.59 Å². The van der Waals surface area contributed by atoms with E-state index in [4.69, 9.17) is 0 Å². The third-order valence-electron chi connectivity index (χ3n) is 3.53. The van der Waals surface area contributed by atoms with Gasteiger partial charge in [0, 0.05) is 12.5 Å². The summed E-state index contributed by atoms with van der Waals surface area (Å²) in [6.07, 6.45) is 1.50. The molecule has 4 nitrogen and oxygen atoms in total. The van der Waals surface area contributed by atoms with Crippen molar-refractivity contribution in [1.29, 1.82) is 0 Å². The van der Waals surface area contributed by atoms with E-state index in [1.165, 1.54) is 5.56 Å². The lowest BCUT2D eigenvalue weighted by Crippen LogP contribution is -2.40. The van der Waals surface area contributed by atoms with Crippen molar-refractivity contribution in [3.8, 4) is 0 Å². The number of piperidine rings is 1. The summed E-state index contributed by atoms with van der Waals surface area (Å²) in [6.45, 7) is 3.03. The van der Waals surface area contributed by atoms with Gasteiger partial charge in [0.15, 0.2) is 0 Å². The lowest BCUT2D eigenvalue weighted by atomic mass is 9.92. The summed E-state index contributed by atoms with van der Waals surface area (Å²) in [4.78, 5) is 24.2. The standard InChI is InChI=1S/C15H19NO3.ClH/c17-12-19-9-7-14-6-8-16(11-15(14)18)10-13-4-2-1-3-5-13;/h1-5,12,14H,6-11H2;1H. The molecule has 0 radical (unpaired) electrons. The summed E-state index contributed by atoms with van der Waals surface area (Å²) < 4.78 is 4.66. The van der Waals surface area contributed by atoms with Crippen molar-refractivity contribution < 1.29 is 14.3 Å². The minimum absolute atomic E-state index is 0. The molecule has 5 heteroatoms.